The molecule has 1 aliphatic heterocycles. The monoisotopic (exact) mass is 394 g/mol. The Hall–Kier alpha value is -0.910. The molecule has 0 bridgehead atoms. The fraction of sp³-hybridized carbons (Fsp3) is 0.870. The van der Waals surface area contributed by atoms with Crippen molar-refractivity contribution in [1.82, 2.24) is 0 Å². The molecule has 28 heavy (non-hydrogen) atoms. The van der Waals surface area contributed by atoms with Crippen LogP contribution in [0.4, 0.5) is 0 Å². The third kappa shape index (κ3) is 6.04. The van der Waals surface area contributed by atoms with Crippen LogP contribution in [0.3, 0.4) is 0 Å². The maximum atomic E-state index is 11.2. The van der Waals surface area contributed by atoms with Crippen LogP contribution in [-0.2, 0) is 14.3 Å². The van der Waals surface area contributed by atoms with Gasteiger partial charge >= 0.3 is 5.97 Å². The summed E-state index contributed by atoms with van der Waals surface area (Å²) in [5.74, 6) is 0.938. The molecule has 0 spiro atoms. The van der Waals surface area contributed by atoms with Crippen molar-refractivity contribution in [3.63, 3.8) is 0 Å². The number of aliphatic hydroxyl groups is 2. The number of aliphatic hydroxyl groups excluding tert-OH is 2. The fourth-order valence-corrected chi connectivity index (χ4v) is 5.47. The zero-order valence-corrected chi connectivity index (χ0v) is 17.3. The van der Waals surface area contributed by atoms with E-state index in [0.717, 1.165) is 32.1 Å². The van der Waals surface area contributed by atoms with Gasteiger partial charge in [0.25, 0.3) is 0 Å². The molecule has 160 valence electrons. The number of fused-ring (bicyclic) bond motifs is 1. The maximum Gasteiger partial charge on any atom is 0.305 e. The lowest BCUT2D eigenvalue weighted by molar-refractivity contribution is -0.140. The molecule has 1 saturated heterocycles. The third-order valence-corrected chi connectivity index (χ3v) is 7.03. The Bertz CT molecular complexity index is 513. The van der Waals surface area contributed by atoms with Crippen molar-refractivity contribution >= 4 is 5.97 Å². The minimum absolute atomic E-state index is 0.0890. The molecule has 5 nitrogen and oxygen atoms in total. The Balaban J connectivity index is 1.42. The zero-order valence-electron chi connectivity index (χ0n) is 17.3. The van der Waals surface area contributed by atoms with Gasteiger partial charge in [-0.3, -0.25) is 4.79 Å². The number of methoxy groups -OCH3 is 1. The van der Waals surface area contributed by atoms with E-state index < -0.39 is 6.10 Å². The van der Waals surface area contributed by atoms with Crippen molar-refractivity contribution in [1.29, 1.82) is 0 Å². The van der Waals surface area contributed by atoms with Gasteiger partial charge in [-0.1, -0.05) is 50.7 Å². The van der Waals surface area contributed by atoms with Crippen molar-refractivity contribution in [3.05, 3.63) is 12.2 Å². The Morgan fingerprint density at radius 1 is 1.21 bits per heavy atom. The number of carbonyl (C=O) groups excluding carboxylic acids is 1. The van der Waals surface area contributed by atoms with E-state index in [1.807, 2.05) is 6.08 Å². The molecule has 2 N–H and O–H groups in total. The molecule has 0 aromatic heterocycles. The van der Waals surface area contributed by atoms with Crippen LogP contribution >= 0.6 is 0 Å². The van der Waals surface area contributed by atoms with Gasteiger partial charge in [0, 0.05) is 18.8 Å². The van der Waals surface area contributed by atoms with Crippen LogP contribution < -0.4 is 0 Å². The van der Waals surface area contributed by atoms with Crippen LogP contribution in [0.1, 0.15) is 77.0 Å². The molecule has 3 aliphatic rings. The molecule has 1 heterocycles. The predicted molar refractivity (Wildman–Crippen MR) is 108 cm³/mol. The molecule has 0 aromatic carbocycles. The first kappa shape index (κ1) is 21.8. The highest BCUT2D eigenvalue weighted by atomic mass is 16.5. The highest BCUT2D eigenvalue weighted by molar-refractivity contribution is 5.68. The highest BCUT2D eigenvalue weighted by Gasteiger charge is 2.47. The smallest absolute Gasteiger partial charge is 0.305 e. The second-order valence-electron chi connectivity index (χ2n) is 9.09. The van der Waals surface area contributed by atoms with Crippen molar-refractivity contribution in [2.75, 3.05) is 7.11 Å². The number of esters is 1. The van der Waals surface area contributed by atoms with Crippen LogP contribution in [0, 0.1) is 17.8 Å². The molecule has 3 fully saturated rings. The highest BCUT2D eigenvalue weighted by Crippen LogP contribution is 2.45. The van der Waals surface area contributed by atoms with Gasteiger partial charge in [0.2, 0.25) is 0 Å². The van der Waals surface area contributed by atoms with Gasteiger partial charge in [-0.15, -0.1) is 0 Å². The summed E-state index contributed by atoms with van der Waals surface area (Å²) in [6.45, 7) is 0. The molecule has 0 aromatic rings. The lowest BCUT2D eigenvalue weighted by atomic mass is 9.84. The standard InChI is InChI=1S/C23H38O5/c1-27-23(26)10-6-5-9-18-14-20-19(21(25)15-22(20)28-18)12-11-17(24)13-16-7-3-2-4-8-16/h11-12,16-22,24-25H,2-10,13-15H2,1H3/t17-,18?,19-,20-,21-,22-/m1/s1. The van der Waals surface area contributed by atoms with Gasteiger partial charge in [-0.25, -0.2) is 0 Å². The molecule has 1 unspecified atom stereocenters. The van der Waals surface area contributed by atoms with E-state index in [-0.39, 0.29) is 30.2 Å². The maximum absolute atomic E-state index is 11.2. The molecule has 2 aliphatic carbocycles. The van der Waals surface area contributed by atoms with Gasteiger partial charge in [-0.05, 0) is 37.5 Å². The molecule has 6 atom stereocenters. The lowest BCUT2D eigenvalue weighted by Gasteiger charge is -2.23. The fourth-order valence-electron chi connectivity index (χ4n) is 5.47. The minimum Gasteiger partial charge on any atom is -0.469 e. The topological polar surface area (TPSA) is 76.0 Å². The first-order chi connectivity index (χ1) is 13.6. The second-order valence-corrected chi connectivity index (χ2v) is 9.09. The van der Waals surface area contributed by atoms with Crippen molar-refractivity contribution in [2.45, 2.75) is 101 Å². The average molecular weight is 395 g/mol. The summed E-state index contributed by atoms with van der Waals surface area (Å²) in [7, 11) is 1.43. The predicted octanol–water partition coefficient (Wildman–Crippen LogP) is 3.76. The first-order valence-electron chi connectivity index (χ1n) is 11.3. The van der Waals surface area contributed by atoms with Crippen LogP contribution in [0.25, 0.3) is 0 Å². The SMILES string of the molecule is COC(=O)CCCCC1C[C@@H]2[C@@H](C=C[C@@H](O)CC3CCCCC3)[C@H](O)C[C@H]2O1. The Morgan fingerprint density at radius 2 is 2.00 bits per heavy atom. The van der Waals surface area contributed by atoms with Gasteiger partial charge in [0.05, 0.1) is 31.5 Å². The van der Waals surface area contributed by atoms with E-state index in [4.69, 9.17) is 4.74 Å². The molecule has 0 radical (unpaired) electrons. The number of unbranched alkanes of at least 4 members (excludes halogenated alkanes) is 1. The van der Waals surface area contributed by atoms with Gasteiger partial charge in [-0.2, -0.15) is 0 Å². The lowest BCUT2D eigenvalue weighted by Crippen LogP contribution is -2.20. The number of rotatable bonds is 9. The average Bonchev–Trinajstić information content (AvgIpc) is 3.20. The third-order valence-electron chi connectivity index (χ3n) is 7.03. The Kier molecular flexibility index (Phi) is 8.36. The summed E-state index contributed by atoms with van der Waals surface area (Å²) < 4.78 is 10.9. The van der Waals surface area contributed by atoms with E-state index in [1.165, 1.54) is 39.2 Å². The molecule has 5 heteroatoms. The minimum atomic E-state index is -0.397. The van der Waals surface area contributed by atoms with E-state index in [1.54, 1.807) is 0 Å². The Labute approximate surface area is 169 Å². The summed E-state index contributed by atoms with van der Waals surface area (Å²) in [4.78, 5) is 11.2. The van der Waals surface area contributed by atoms with Gasteiger partial charge in [0.15, 0.2) is 0 Å². The molecule has 2 saturated carbocycles. The summed E-state index contributed by atoms with van der Waals surface area (Å²) in [6.07, 6.45) is 15.7. The van der Waals surface area contributed by atoms with Crippen molar-refractivity contribution in [2.24, 2.45) is 17.8 Å². The second kappa shape index (κ2) is 10.7. The zero-order chi connectivity index (χ0) is 19.9. The van der Waals surface area contributed by atoms with E-state index >= 15 is 0 Å². The van der Waals surface area contributed by atoms with Crippen LogP contribution in [0.5, 0.6) is 0 Å². The van der Waals surface area contributed by atoms with Crippen LogP contribution in [0.15, 0.2) is 12.2 Å². The largest absolute Gasteiger partial charge is 0.469 e. The number of ether oxygens (including phenoxy) is 2. The Morgan fingerprint density at radius 3 is 2.75 bits per heavy atom. The molecular formula is C23H38O5. The molecule has 3 rings (SSSR count). The number of hydrogen-bond donors (Lipinski definition) is 2. The van der Waals surface area contributed by atoms with Crippen LogP contribution in [-0.4, -0.2) is 47.7 Å². The molecule has 0 amide bonds. The summed E-state index contributed by atoms with van der Waals surface area (Å²) in [5.41, 5.74) is 0. The van der Waals surface area contributed by atoms with E-state index in [9.17, 15) is 15.0 Å². The number of carbonyl (C=O) groups is 1. The van der Waals surface area contributed by atoms with E-state index in [0.29, 0.717) is 24.7 Å². The molecular weight excluding hydrogens is 356 g/mol. The quantitative estimate of drug-likeness (QED) is 0.354. The van der Waals surface area contributed by atoms with Gasteiger partial charge in [0.1, 0.15) is 0 Å². The first-order valence-corrected chi connectivity index (χ1v) is 11.3. The van der Waals surface area contributed by atoms with Crippen LogP contribution in [0.2, 0.25) is 0 Å². The number of hydrogen-bond acceptors (Lipinski definition) is 5. The normalized spacial score (nSPS) is 34.6. The van der Waals surface area contributed by atoms with Crippen molar-refractivity contribution < 1.29 is 24.5 Å². The van der Waals surface area contributed by atoms with E-state index in [2.05, 4.69) is 10.8 Å². The van der Waals surface area contributed by atoms with Gasteiger partial charge < -0.3 is 19.7 Å². The summed E-state index contributed by atoms with van der Waals surface area (Å²) >= 11 is 0. The van der Waals surface area contributed by atoms with Crippen molar-refractivity contribution in [3.8, 4) is 0 Å². The summed E-state index contributed by atoms with van der Waals surface area (Å²) in [5, 5.41) is 20.9. The summed E-state index contributed by atoms with van der Waals surface area (Å²) in [6, 6.07) is 0.